The topological polar surface area (TPSA) is 172 Å². The van der Waals surface area contributed by atoms with E-state index < -0.39 is 11.9 Å². The molecule has 4 aromatic rings. The van der Waals surface area contributed by atoms with Crippen LogP contribution in [0.1, 0.15) is 29.7 Å². The quantitative estimate of drug-likeness (QED) is 0.0988. The molecule has 0 radical (unpaired) electrons. The minimum absolute atomic E-state index is 0. The van der Waals surface area contributed by atoms with Crippen molar-refractivity contribution in [2.24, 2.45) is 0 Å². The Hall–Kier alpha value is -4.33. The van der Waals surface area contributed by atoms with E-state index in [1.807, 2.05) is 17.5 Å². The van der Waals surface area contributed by atoms with Crippen molar-refractivity contribution in [3.8, 4) is 39.6 Å². The van der Waals surface area contributed by atoms with Crippen molar-refractivity contribution in [1.29, 1.82) is 10.5 Å². The second-order valence-electron chi connectivity index (χ2n) is 8.58. The van der Waals surface area contributed by atoms with Gasteiger partial charge in [-0.25, -0.2) is 9.97 Å². The molecule has 0 fully saturated rings. The fraction of sp³-hybridized carbons (Fsp3) is 0.172. The Morgan fingerprint density at radius 1 is 0.977 bits per heavy atom. The maximum absolute atomic E-state index is 11.5. The second-order valence-corrected chi connectivity index (χ2v) is 10.8. The molecule has 0 bridgehead atoms. The predicted octanol–water partition coefficient (Wildman–Crippen LogP) is 6.35. The van der Waals surface area contributed by atoms with Gasteiger partial charge in [-0.1, -0.05) is 47.6 Å². The number of hydrogen-bond donors (Lipinski definition) is 2. The summed E-state index contributed by atoms with van der Waals surface area (Å²) in [7, 11) is 0. The molecule has 3 N–H and O–H groups in total. The number of hydrogen-bond acceptors (Lipinski definition) is 11. The first-order chi connectivity index (χ1) is 20.3. The number of aliphatic carboxylic acids is 1. The molecule has 2 heterocycles. The molecule has 2 aromatic carbocycles. The number of pyridine rings is 1. The molecule has 0 atom stereocenters. The maximum Gasteiger partial charge on any atom is 0.306 e. The van der Waals surface area contributed by atoms with E-state index in [0.29, 0.717) is 32.7 Å². The average molecular weight is 657 g/mol. The predicted molar refractivity (Wildman–Crippen MR) is 166 cm³/mol. The first-order valence-corrected chi connectivity index (χ1v) is 14.6. The number of nitrogens with zero attached hydrogens (tertiary/aromatic N) is 4. The third-order valence-electron chi connectivity index (χ3n) is 5.72. The van der Waals surface area contributed by atoms with Crippen LogP contribution in [-0.4, -0.2) is 40.2 Å². The number of esters is 1. The van der Waals surface area contributed by atoms with Gasteiger partial charge in [0.05, 0.1) is 24.1 Å². The smallest absolute Gasteiger partial charge is 0.306 e. The summed E-state index contributed by atoms with van der Waals surface area (Å²) in [4.78, 5) is 31.1. The Morgan fingerprint density at radius 2 is 1.65 bits per heavy atom. The van der Waals surface area contributed by atoms with Crippen LogP contribution in [-0.2, 0) is 20.1 Å². The number of carboxylic acids is 1. The molecule has 0 saturated carbocycles. The van der Waals surface area contributed by atoms with Crippen molar-refractivity contribution in [2.45, 2.75) is 23.6 Å². The van der Waals surface area contributed by atoms with Gasteiger partial charge in [-0.2, -0.15) is 10.5 Å². The molecule has 0 aliphatic carbocycles. The van der Waals surface area contributed by atoms with Gasteiger partial charge in [0, 0.05) is 27.3 Å². The number of carbonyl (C=O) groups is 2. The van der Waals surface area contributed by atoms with Gasteiger partial charge in [-0.05, 0) is 29.8 Å². The van der Waals surface area contributed by atoms with Crippen LogP contribution in [0.3, 0.4) is 0 Å². The number of thiazole rings is 1. The zero-order valence-corrected chi connectivity index (χ0v) is 25.5. The number of rotatable bonds is 12. The van der Waals surface area contributed by atoms with Crippen molar-refractivity contribution in [3.63, 3.8) is 0 Å². The highest BCUT2D eigenvalue weighted by Crippen LogP contribution is 2.37. The molecule has 43 heavy (non-hydrogen) atoms. The van der Waals surface area contributed by atoms with Crippen LogP contribution < -0.4 is 10.5 Å². The third kappa shape index (κ3) is 8.83. The fourth-order valence-electron chi connectivity index (χ4n) is 3.75. The molecule has 0 aliphatic rings. The van der Waals surface area contributed by atoms with Crippen LogP contribution in [0.5, 0.6) is 5.75 Å². The highest BCUT2D eigenvalue weighted by atomic mass is 35.5. The number of carboxylic acid groups (broad SMARTS) is 1. The number of nitrogen functional groups attached to an aromatic ring is 1. The van der Waals surface area contributed by atoms with Gasteiger partial charge < -0.3 is 20.3 Å². The molecule has 4 rings (SSSR count). The van der Waals surface area contributed by atoms with E-state index >= 15 is 0 Å². The highest BCUT2D eigenvalue weighted by Gasteiger charge is 2.21. The fourth-order valence-corrected chi connectivity index (χ4v) is 5.69. The third-order valence-corrected chi connectivity index (χ3v) is 7.92. The standard InChI is InChI=1S/C29H22ClN5O5S2.ClH/c30-19-5-1-18(2-6-19)28-34-20(15-41-28)16-42-29-23(14-32)26(22(13-31)27(33)35-29)17-3-7-21(8-4-17)39-11-12-40-25(38)10-9-24(36)37;/h1-8,15H,9-12,16H2,(H2,33,35)(H,36,37);1H. The van der Waals surface area contributed by atoms with Crippen LogP contribution in [0.15, 0.2) is 58.9 Å². The van der Waals surface area contributed by atoms with E-state index in [1.54, 1.807) is 36.4 Å². The van der Waals surface area contributed by atoms with E-state index in [2.05, 4.69) is 22.1 Å². The number of nitrogens with two attached hydrogens (primary N) is 1. The molecule has 0 spiro atoms. The number of carbonyl (C=O) groups excluding carboxylic acids is 1. The lowest BCUT2D eigenvalue weighted by atomic mass is 9.97. The zero-order valence-electron chi connectivity index (χ0n) is 22.3. The Balaban J connectivity index is 0.00000506. The molecular formula is C29H23Cl2N5O5S2. The molecule has 14 heteroatoms. The van der Waals surface area contributed by atoms with E-state index in [4.69, 9.17) is 31.9 Å². The number of ether oxygens (including phenoxy) is 2. The summed E-state index contributed by atoms with van der Waals surface area (Å²) in [6, 6.07) is 18.4. The van der Waals surface area contributed by atoms with E-state index in [9.17, 15) is 20.1 Å². The summed E-state index contributed by atoms with van der Waals surface area (Å²) in [5.74, 6) is -0.782. The summed E-state index contributed by atoms with van der Waals surface area (Å²) in [6.45, 7) is 0.0173. The van der Waals surface area contributed by atoms with Gasteiger partial charge in [0.2, 0.25) is 0 Å². The number of aromatic nitrogens is 2. The first kappa shape index (κ1) is 33.2. The van der Waals surface area contributed by atoms with Crippen molar-refractivity contribution >= 4 is 64.9 Å². The molecular weight excluding hydrogens is 633 g/mol. The molecule has 0 aliphatic heterocycles. The molecule has 2 aromatic heterocycles. The van der Waals surface area contributed by atoms with Crippen LogP contribution in [0.4, 0.5) is 5.82 Å². The minimum atomic E-state index is -1.08. The summed E-state index contributed by atoms with van der Waals surface area (Å²) in [5, 5.41) is 32.3. The molecule has 0 saturated heterocycles. The molecule has 0 unspecified atom stereocenters. The first-order valence-electron chi connectivity index (χ1n) is 12.4. The number of benzene rings is 2. The van der Waals surface area contributed by atoms with Gasteiger partial charge in [0.25, 0.3) is 0 Å². The lowest BCUT2D eigenvalue weighted by Gasteiger charge is -2.13. The van der Waals surface area contributed by atoms with Crippen molar-refractivity contribution in [2.75, 3.05) is 18.9 Å². The summed E-state index contributed by atoms with van der Waals surface area (Å²) in [6.07, 6.45) is -0.511. The number of thioether (sulfide) groups is 1. The van der Waals surface area contributed by atoms with E-state index in [0.717, 1.165) is 16.3 Å². The number of halogens is 2. The van der Waals surface area contributed by atoms with Crippen LogP contribution in [0, 0.1) is 22.7 Å². The van der Waals surface area contributed by atoms with Crippen molar-refractivity contribution in [3.05, 3.63) is 75.8 Å². The zero-order chi connectivity index (χ0) is 30.1. The number of nitriles is 2. The second kappa shape index (κ2) is 15.8. The van der Waals surface area contributed by atoms with Crippen molar-refractivity contribution in [1.82, 2.24) is 9.97 Å². The molecule has 0 amide bonds. The SMILES string of the molecule is Cl.N#Cc1c(N)nc(SCc2csc(-c3ccc(Cl)cc3)n2)c(C#N)c1-c1ccc(OCCOC(=O)CCC(=O)O)cc1. The molecule has 10 nitrogen and oxygen atoms in total. The molecule has 220 valence electrons. The largest absolute Gasteiger partial charge is 0.490 e. The van der Waals surface area contributed by atoms with Crippen LogP contribution in [0.2, 0.25) is 5.02 Å². The normalized spacial score (nSPS) is 10.2. The monoisotopic (exact) mass is 655 g/mol. The minimum Gasteiger partial charge on any atom is -0.490 e. The average Bonchev–Trinajstić information content (AvgIpc) is 3.46. The summed E-state index contributed by atoms with van der Waals surface area (Å²) >= 11 is 8.78. The summed E-state index contributed by atoms with van der Waals surface area (Å²) in [5.41, 5.74) is 9.16. The highest BCUT2D eigenvalue weighted by molar-refractivity contribution is 7.98. The van der Waals surface area contributed by atoms with E-state index in [1.165, 1.54) is 23.1 Å². The van der Waals surface area contributed by atoms with Crippen molar-refractivity contribution < 1.29 is 24.2 Å². The van der Waals surface area contributed by atoms with Gasteiger partial charge in [0.1, 0.15) is 52.5 Å². The van der Waals surface area contributed by atoms with Crippen LogP contribution >= 0.6 is 47.1 Å². The van der Waals surface area contributed by atoms with Crippen LogP contribution in [0.25, 0.3) is 21.7 Å². The number of anilines is 1. The lowest BCUT2D eigenvalue weighted by molar-refractivity contribution is -0.148. The maximum atomic E-state index is 11.5. The summed E-state index contributed by atoms with van der Waals surface area (Å²) < 4.78 is 10.5. The van der Waals surface area contributed by atoms with E-state index in [-0.39, 0.29) is 55.4 Å². The Labute approximate surface area is 266 Å². The lowest BCUT2D eigenvalue weighted by Crippen LogP contribution is -2.13. The van der Waals surface area contributed by atoms with Gasteiger partial charge in [-0.3, -0.25) is 9.59 Å². The Morgan fingerprint density at radius 3 is 2.30 bits per heavy atom. The van der Waals surface area contributed by atoms with Gasteiger partial charge in [0.15, 0.2) is 0 Å². The van der Waals surface area contributed by atoms with Gasteiger partial charge >= 0.3 is 11.9 Å². The van der Waals surface area contributed by atoms with Gasteiger partial charge in [-0.15, -0.1) is 23.7 Å². The Bertz CT molecular complexity index is 1680. The Kier molecular flexibility index (Phi) is 12.2.